The molecule has 4 rings (SSSR count). The molecule has 0 radical (unpaired) electrons. The molecule has 12 nitrogen and oxygen atoms in total. The predicted molar refractivity (Wildman–Crippen MR) is 102 cm³/mol. The first-order chi connectivity index (χ1) is 13.9. The lowest BCUT2D eigenvalue weighted by Gasteiger charge is -2.04. The van der Waals surface area contributed by atoms with Crippen LogP contribution in [0.5, 0.6) is 5.75 Å². The van der Waals surface area contributed by atoms with Crippen LogP contribution in [-0.4, -0.2) is 62.5 Å². The van der Waals surface area contributed by atoms with Gasteiger partial charge in [-0.2, -0.15) is 15.3 Å². The van der Waals surface area contributed by atoms with Gasteiger partial charge in [-0.3, -0.25) is 19.3 Å². The Labute approximate surface area is 164 Å². The molecule has 4 heterocycles. The van der Waals surface area contributed by atoms with E-state index in [-0.39, 0.29) is 29.7 Å². The van der Waals surface area contributed by atoms with Crippen LogP contribution in [0.3, 0.4) is 0 Å². The van der Waals surface area contributed by atoms with Gasteiger partial charge in [0.1, 0.15) is 22.8 Å². The first-order valence-corrected chi connectivity index (χ1v) is 8.83. The minimum atomic E-state index is -0.676. The van der Waals surface area contributed by atoms with Crippen molar-refractivity contribution in [1.82, 2.24) is 39.7 Å². The molecule has 5 N–H and O–H groups in total. The third-order valence-corrected chi connectivity index (χ3v) is 4.54. The summed E-state index contributed by atoms with van der Waals surface area (Å²) < 4.78 is 3.14. The number of nitrogens with two attached hydrogens (primary N) is 1. The van der Waals surface area contributed by atoms with Gasteiger partial charge in [0, 0.05) is 25.6 Å². The molecule has 29 heavy (non-hydrogen) atoms. The molecule has 0 unspecified atom stereocenters. The summed E-state index contributed by atoms with van der Waals surface area (Å²) in [4.78, 5) is 20.5. The number of carbonyl (C=O) groups is 1. The number of nitrogens with zero attached hydrogens (tertiary/aromatic N) is 7. The number of nitrogens with one attached hydrogen (secondary N) is 1. The summed E-state index contributed by atoms with van der Waals surface area (Å²) in [6, 6.07) is 1.56. The fraction of sp³-hybridized carbons (Fsp3) is 0.294. The van der Waals surface area contributed by atoms with Crippen LogP contribution in [0.15, 0.2) is 12.3 Å². The van der Waals surface area contributed by atoms with Crippen LogP contribution in [0.4, 0.5) is 0 Å². The maximum atomic E-state index is 11.7. The standard InChI is InChI=1S/C17H19N9O3/c1-8-14(28)13(26(24-8)4-3-5-27)17-21-16(22-23-17)12-9-7-19-25(2)11(9)6-10(20-12)15(18)29/h6-7,27-28H,3-5H2,1-2H3,(H2,18,29)(H,21,22,23). The van der Waals surface area contributed by atoms with Gasteiger partial charge in [0.15, 0.2) is 11.6 Å². The molecule has 1 amide bonds. The van der Waals surface area contributed by atoms with E-state index in [4.69, 9.17) is 10.8 Å². The van der Waals surface area contributed by atoms with Crippen LogP contribution in [0.1, 0.15) is 22.6 Å². The number of aryl methyl sites for hydroxylation is 3. The number of hydrogen-bond donors (Lipinski definition) is 4. The number of primary amides is 1. The number of aromatic hydroxyl groups is 1. The lowest BCUT2D eigenvalue weighted by Crippen LogP contribution is -2.13. The molecule has 12 heteroatoms. The van der Waals surface area contributed by atoms with Crippen molar-refractivity contribution in [2.24, 2.45) is 12.8 Å². The highest BCUT2D eigenvalue weighted by molar-refractivity contribution is 5.98. The Morgan fingerprint density at radius 3 is 2.86 bits per heavy atom. The maximum Gasteiger partial charge on any atom is 0.267 e. The normalized spacial score (nSPS) is 11.4. The topological polar surface area (TPSA) is 174 Å². The number of fused-ring (bicyclic) bond motifs is 1. The molecule has 0 aliphatic heterocycles. The van der Waals surface area contributed by atoms with E-state index >= 15 is 0 Å². The summed E-state index contributed by atoms with van der Waals surface area (Å²) in [5.74, 6) is -0.226. The van der Waals surface area contributed by atoms with Gasteiger partial charge in [-0.25, -0.2) is 9.97 Å². The van der Waals surface area contributed by atoms with Crippen molar-refractivity contribution in [3.05, 3.63) is 23.7 Å². The van der Waals surface area contributed by atoms with Gasteiger partial charge in [0.25, 0.3) is 5.91 Å². The van der Waals surface area contributed by atoms with Gasteiger partial charge in [0.2, 0.25) is 5.82 Å². The van der Waals surface area contributed by atoms with Crippen molar-refractivity contribution in [1.29, 1.82) is 0 Å². The number of amides is 1. The molecule has 4 aromatic rings. The first-order valence-electron chi connectivity index (χ1n) is 8.83. The smallest absolute Gasteiger partial charge is 0.267 e. The van der Waals surface area contributed by atoms with Crippen LogP contribution in [-0.2, 0) is 13.6 Å². The number of hydrogen-bond acceptors (Lipinski definition) is 8. The number of rotatable bonds is 6. The number of pyridine rings is 1. The lowest BCUT2D eigenvalue weighted by molar-refractivity contribution is 0.0996. The average Bonchev–Trinajstić information content (AvgIpc) is 3.38. The molecular formula is C17H19N9O3. The monoisotopic (exact) mass is 397 g/mol. The molecule has 0 spiro atoms. The van der Waals surface area contributed by atoms with Gasteiger partial charge >= 0.3 is 0 Å². The molecule has 0 bridgehead atoms. The highest BCUT2D eigenvalue weighted by Gasteiger charge is 2.22. The van der Waals surface area contributed by atoms with Crippen LogP contribution < -0.4 is 5.73 Å². The van der Waals surface area contributed by atoms with Crippen molar-refractivity contribution in [3.63, 3.8) is 0 Å². The highest BCUT2D eigenvalue weighted by atomic mass is 16.3. The van der Waals surface area contributed by atoms with Gasteiger partial charge in [0.05, 0.1) is 11.7 Å². The summed E-state index contributed by atoms with van der Waals surface area (Å²) in [5, 5.41) is 35.6. The van der Waals surface area contributed by atoms with Gasteiger partial charge < -0.3 is 15.9 Å². The van der Waals surface area contributed by atoms with E-state index in [1.165, 1.54) is 0 Å². The second-order valence-electron chi connectivity index (χ2n) is 6.51. The van der Waals surface area contributed by atoms with Crippen LogP contribution in [0.2, 0.25) is 0 Å². The Morgan fingerprint density at radius 1 is 1.34 bits per heavy atom. The predicted octanol–water partition coefficient (Wildman–Crippen LogP) is 0.112. The molecule has 0 aromatic carbocycles. The van der Waals surface area contributed by atoms with E-state index in [1.54, 1.807) is 35.6 Å². The second-order valence-corrected chi connectivity index (χ2v) is 6.51. The van der Waals surface area contributed by atoms with Crippen molar-refractivity contribution >= 4 is 16.8 Å². The zero-order valence-corrected chi connectivity index (χ0v) is 15.8. The number of aromatic nitrogens is 8. The zero-order valence-electron chi connectivity index (χ0n) is 15.8. The molecule has 150 valence electrons. The van der Waals surface area contributed by atoms with Gasteiger partial charge in [-0.05, 0) is 19.4 Å². The third kappa shape index (κ3) is 3.08. The van der Waals surface area contributed by atoms with E-state index < -0.39 is 5.91 Å². The summed E-state index contributed by atoms with van der Waals surface area (Å²) in [6.07, 6.45) is 2.07. The summed E-state index contributed by atoms with van der Waals surface area (Å²) in [6.45, 7) is 2.04. The van der Waals surface area contributed by atoms with Gasteiger partial charge in [-0.15, -0.1) is 0 Å². The Balaban J connectivity index is 1.85. The molecule has 0 aliphatic carbocycles. The van der Waals surface area contributed by atoms with E-state index in [1.807, 2.05) is 0 Å². The summed E-state index contributed by atoms with van der Waals surface area (Å²) in [7, 11) is 1.74. The van der Waals surface area contributed by atoms with Crippen LogP contribution in [0, 0.1) is 6.92 Å². The average molecular weight is 397 g/mol. The largest absolute Gasteiger partial charge is 0.504 e. The molecule has 4 aromatic heterocycles. The number of aliphatic hydroxyl groups excluding tert-OH is 1. The fourth-order valence-corrected chi connectivity index (χ4v) is 3.10. The number of H-pyrrole nitrogens is 1. The van der Waals surface area contributed by atoms with E-state index in [9.17, 15) is 9.90 Å². The van der Waals surface area contributed by atoms with Crippen LogP contribution in [0.25, 0.3) is 33.9 Å². The third-order valence-electron chi connectivity index (χ3n) is 4.54. The molecule has 0 saturated carbocycles. The van der Waals surface area contributed by atoms with Gasteiger partial charge in [-0.1, -0.05) is 0 Å². The highest BCUT2D eigenvalue weighted by Crippen LogP contribution is 2.32. The molecule has 0 fully saturated rings. The molecule has 0 saturated heterocycles. The quantitative estimate of drug-likeness (QED) is 0.355. The molecule has 0 atom stereocenters. The maximum absolute atomic E-state index is 11.7. The number of aromatic amines is 1. The Hall–Kier alpha value is -3.80. The van der Waals surface area contributed by atoms with Crippen LogP contribution >= 0.6 is 0 Å². The first kappa shape index (κ1) is 18.6. The van der Waals surface area contributed by atoms with Crippen molar-refractivity contribution in [3.8, 4) is 28.8 Å². The number of carbonyl (C=O) groups excluding carboxylic acids is 1. The Morgan fingerprint density at radius 2 is 2.14 bits per heavy atom. The van der Waals surface area contributed by atoms with Crippen molar-refractivity contribution < 1.29 is 15.0 Å². The second kappa shape index (κ2) is 6.98. The molecular weight excluding hydrogens is 378 g/mol. The fourth-order valence-electron chi connectivity index (χ4n) is 3.10. The van der Waals surface area contributed by atoms with E-state index in [0.29, 0.717) is 41.0 Å². The summed E-state index contributed by atoms with van der Waals surface area (Å²) >= 11 is 0. The Kier molecular flexibility index (Phi) is 4.47. The SMILES string of the molecule is Cc1nn(CCCO)c(-c2n[nH]c(-c3nc(C(N)=O)cc4c3cnn4C)n2)c1O. The minimum absolute atomic E-state index is 0.0127. The van der Waals surface area contributed by atoms with Crippen molar-refractivity contribution in [2.45, 2.75) is 19.9 Å². The van der Waals surface area contributed by atoms with E-state index in [0.717, 1.165) is 0 Å². The minimum Gasteiger partial charge on any atom is -0.504 e. The zero-order chi connectivity index (χ0) is 20.7. The lowest BCUT2D eigenvalue weighted by atomic mass is 10.2. The molecule has 0 aliphatic rings. The summed E-state index contributed by atoms with van der Waals surface area (Å²) in [5.41, 5.74) is 7.26. The van der Waals surface area contributed by atoms with E-state index in [2.05, 4.69) is 30.4 Å². The van der Waals surface area contributed by atoms with Crippen molar-refractivity contribution in [2.75, 3.05) is 6.61 Å². The number of aliphatic hydroxyl groups is 1. The Bertz CT molecular complexity index is 1220.